The number of anilines is 1. The van der Waals surface area contributed by atoms with Gasteiger partial charge < -0.3 is 10.6 Å². The van der Waals surface area contributed by atoms with E-state index in [4.69, 9.17) is 5.73 Å². The zero-order valence-corrected chi connectivity index (χ0v) is 11.9. The molecule has 1 aromatic heterocycles. The first kappa shape index (κ1) is 13.8. The smallest absolute Gasteiger partial charge is 0.254 e. The van der Waals surface area contributed by atoms with Gasteiger partial charge in [0.2, 0.25) is 0 Å². The van der Waals surface area contributed by atoms with Crippen molar-refractivity contribution in [3.8, 4) is 0 Å². The number of aromatic nitrogens is 1. The topological polar surface area (TPSA) is 59.2 Å². The van der Waals surface area contributed by atoms with Gasteiger partial charge in [0.05, 0.1) is 0 Å². The summed E-state index contributed by atoms with van der Waals surface area (Å²) in [4.78, 5) is 18.9. The molecule has 0 saturated carbocycles. The molecule has 1 atom stereocenters. The third kappa shape index (κ3) is 3.06. The van der Waals surface area contributed by atoms with Crippen LogP contribution in [0.15, 0.2) is 12.1 Å². The molecule has 1 aliphatic heterocycles. The zero-order valence-electron chi connectivity index (χ0n) is 11.9. The normalized spacial score (nSPS) is 19.5. The van der Waals surface area contributed by atoms with Crippen molar-refractivity contribution in [2.45, 2.75) is 52.0 Å². The van der Waals surface area contributed by atoms with Gasteiger partial charge in [-0.05, 0) is 44.2 Å². The first-order chi connectivity index (χ1) is 9.15. The number of rotatable bonds is 3. The molecule has 2 heterocycles. The van der Waals surface area contributed by atoms with Crippen LogP contribution in [0.5, 0.6) is 0 Å². The third-order valence-electron chi connectivity index (χ3n) is 3.87. The second-order valence-electron chi connectivity index (χ2n) is 5.18. The van der Waals surface area contributed by atoms with Gasteiger partial charge in [-0.1, -0.05) is 13.8 Å². The SMILES string of the molecule is CCc1cc(C(=O)N2CCCCC2CC)cc(N)n1. The van der Waals surface area contributed by atoms with Crippen molar-refractivity contribution < 1.29 is 4.79 Å². The van der Waals surface area contributed by atoms with Crippen molar-refractivity contribution in [2.24, 2.45) is 0 Å². The minimum Gasteiger partial charge on any atom is -0.384 e. The largest absolute Gasteiger partial charge is 0.384 e. The predicted molar refractivity (Wildman–Crippen MR) is 77.0 cm³/mol. The number of nitrogens with two attached hydrogens (primary N) is 1. The van der Waals surface area contributed by atoms with E-state index in [1.807, 2.05) is 17.9 Å². The number of nitrogens with zero attached hydrogens (tertiary/aromatic N) is 2. The zero-order chi connectivity index (χ0) is 13.8. The van der Waals surface area contributed by atoms with Crippen molar-refractivity contribution in [1.29, 1.82) is 0 Å². The molecule has 2 rings (SSSR count). The summed E-state index contributed by atoms with van der Waals surface area (Å²) >= 11 is 0. The molecule has 0 bridgehead atoms. The maximum absolute atomic E-state index is 12.6. The van der Waals surface area contributed by atoms with Crippen molar-refractivity contribution in [3.05, 3.63) is 23.4 Å². The van der Waals surface area contributed by atoms with Crippen LogP contribution in [-0.4, -0.2) is 28.4 Å². The van der Waals surface area contributed by atoms with Crippen LogP contribution < -0.4 is 5.73 Å². The highest BCUT2D eigenvalue weighted by atomic mass is 16.2. The summed E-state index contributed by atoms with van der Waals surface area (Å²) in [5.41, 5.74) is 7.36. The van der Waals surface area contributed by atoms with E-state index in [0.717, 1.165) is 37.9 Å². The molecule has 1 unspecified atom stereocenters. The number of aryl methyl sites for hydroxylation is 1. The molecule has 4 heteroatoms. The van der Waals surface area contributed by atoms with E-state index < -0.39 is 0 Å². The highest BCUT2D eigenvalue weighted by Gasteiger charge is 2.26. The summed E-state index contributed by atoms with van der Waals surface area (Å²) in [6, 6.07) is 3.95. The molecule has 2 N–H and O–H groups in total. The van der Waals surface area contributed by atoms with Gasteiger partial charge >= 0.3 is 0 Å². The first-order valence-electron chi connectivity index (χ1n) is 7.23. The van der Waals surface area contributed by atoms with E-state index in [1.165, 1.54) is 6.42 Å². The summed E-state index contributed by atoms with van der Waals surface area (Å²) < 4.78 is 0. The van der Waals surface area contributed by atoms with Gasteiger partial charge in [-0.3, -0.25) is 4.79 Å². The first-order valence-corrected chi connectivity index (χ1v) is 7.23. The van der Waals surface area contributed by atoms with E-state index in [1.54, 1.807) is 6.07 Å². The summed E-state index contributed by atoms with van der Waals surface area (Å²) in [7, 11) is 0. The van der Waals surface area contributed by atoms with E-state index in [2.05, 4.69) is 11.9 Å². The van der Waals surface area contributed by atoms with Crippen LogP contribution in [0.4, 0.5) is 5.82 Å². The molecule has 104 valence electrons. The van der Waals surface area contributed by atoms with Crippen LogP contribution >= 0.6 is 0 Å². The maximum Gasteiger partial charge on any atom is 0.254 e. The Morgan fingerprint density at radius 1 is 1.42 bits per heavy atom. The molecule has 0 aliphatic carbocycles. The number of hydrogen-bond acceptors (Lipinski definition) is 3. The lowest BCUT2D eigenvalue weighted by molar-refractivity contribution is 0.0608. The lowest BCUT2D eigenvalue weighted by Gasteiger charge is -2.35. The number of carbonyl (C=O) groups is 1. The Balaban J connectivity index is 2.24. The van der Waals surface area contributed by atoms with Crippen LogP contribution in [0.2, 0.25) is 0 Å². The Labute approximate surface area is 115 Å². The van der Waals surface area contributed by atoms with Crippen LogP contribution in [0.25, 0.3) is 0 Å². The number of amides is 1. The van der Waals surface area contributed by atoms with Gasteiger partial charge in [0.1, 0.15) is 5.82 Å². The van der Waals surface area contributed by atoms with Gasteiger partial charge in [-0.25, -0.2) is 4.98 Å². The number of carbonyl (C=O) groups excluding carboxylic acids is 1. The minimum atomic E-state index is 0.107. The number of nitrogen functional groups attached to an aromatic ring is 1. The quantitative estimate of drug-likeness (QED) is 0.910. The Kier molecular flexibility index (Phi) is 4.40. The van der Waals surface area contributed by atoms with Crippen molar-refractivity contribution in [3.63, 3.8) is 0 Å². The highest BCUT2D eigenvalue weighted by molar-refractivity contribution is 5.95. The minimum absolute atomic E-state index is 0.107. The fourth-order valence-electron chi connectivity index (χ4n) is 2.77. The Morgan fingerprint density at radius 2 is 2.21 bits per heavy atom. The number of hydrogen-bond donors (Lipinski definition) is 1. The molecule has 0 radical (unpaired) electrons. The summed E-state index contributed by atoms with van der Waals surface area (Å²) in [5, 5.41) is 0. The van der Waals surface area contributed by atoms with Gasteiger partial charge in [0, 0.05) is 23.8 Å². The van der Waals surface area contributed by atoms with Crippen molar-refractivity contribution in [2.75, 3.05) is 12.3 Å². The molecule has 1 aromatic rings. The molecule has 4 nitrogen and oxygen atoms in total. The molecule has 1 saturated heterocycles. The van der Waals surface area contributed by atoms with Crippen LogP contribution in [-0.2, 0) is 6.42 Å². The Hall–Kier alpha value is -1.58. The van der Waals surface area contributed by atoms with Crippen LogP contribution in [0.3, 0.4) is 0 Å². The van der Waals surface area contributed by atoms with Gasteiger partial charge in [0.15, 0.2) is 0 Å². The van der Waals surface area contributed by atoms with Crippen molar-refractivity contribution in [1.82, 2.24) is 9.88 Å². The molecule has 1 amide bonds. The summed E-state index contributed by atoms with van der Waals surface area (Å²) in [6.45, 7) is 5.03. The van der Waals surface area contributed by atoms with E-state index in [9.17, 15) is 4.79 Å². The van der Waals surface area contributed by atoms with E-state index >= 15 is 0 Å². The van der Waals surface area contributed by atoms with E-state index in [0.29, 0.717) is 17.4 Å². The third-order valence-corrected chi connectivity index (χ3v) is 3.87. The highest BCUT2D eigenvalue weighted by Crippen LogP contribution is 2.22. The molecule has 19 heavy (non-hydrogen) atoms. The Morgan fingerprint density at radius 3 is 2.89 bits per heavy atom. The second-order valence-corrected chi connectivity index (χ2v) is 5.18. The average Bonchev–Trinajstić information content (AvgIpc) is 2.45. The molecular formula is C15H23N3O. The predicted octanol–water partition coefficient (Wildman–Crippen LogP) is 2.63. The molecule has 1 aliphatic rings. The maximum atomic E-state index is 12.6. The molecule has 0 aromatic carbocycles. The molecule has 1 fully saturated rings. The molecule has 0 spiro atoms. The second kappa shape index (κ2) is 6.04. The van der Waals surface area contributed by atoms with Gasteiger partial charge in [0.25, 0.3) is 5.91 Å². The van der Waals surface area contributed by atoms with Gasteiger partial charge in [-0.2, -0.15) is 0 Å². The molecular weight excluding hydrogens is 238 g/mol. The number of likely N-dealkylation sites (tertiary alicyclic amines) is 1. The van der Waals surface area contributed by atoms with Gasteiger partial charge in [-0.15, -0.1) is 0 Å². The van der Waals surface area contributed by atoms with Crippen LogP contribution in [0, 0.1) is 0 Å². The monoisotopic (exact) mass is 261 g/mol. The van der Waals surface area contributed by atoms with Crippen molar-refractivity contribution >= 4 is 11.7 Å². The fraction of sp³-hybridized carbons (Fsp3) is 0.600. The summed E-state index contributed by atoms with van der Waals surface area (Å²) in [5.74, 6) is 0.545. The fourth-order valence-corrected chi connectivity index (χ4v) is 2.77. The van der Waals surface area contributed by atoms with E-state index in [-0.39, 0.29) is 5.91 Å². The number of piperidine rings is 1. The lowest BCUT2D eigenvalue weighted by Crippen LogP contribution is -2.43. The number of pyridine rings is 1. The van der Waals surface area contributed by atoms with Crippen LogP contribution in [0.1, 0.15) is 55.6 Å². The standard InChI is InChI=1S/C15H23N3O/c1-3-12-9-11(10-14(16)17-12)15(19)18-8-6-5-7-13(18)4-2/h9-10,13H,3-8H2,1-2H3,(H2,16,17). The Bertz CT molecular complexity index is 459. The average molecular weight is 261 g/mol. The lowest BCUT2D eigenvalue weighted by atomic mass is 9.99. The summed E-state index contributed by atoms with van der Waals surface area (Å²) in [6.07, 6.45) is 5.25.